The van der Waals surface area contributed by atoms with Crippen LogP contribution in [0, 0.1) is 5.92 Å². The van der Waals surface area contributed by atoms with Crippen molar-refractivity contribution in [3.63, 3.8) is 0 Å². The van der Waals surface area contributed by atoms with Gasteiger partial charge in [-0.2, -0.15) is 0 Å². The number of carbonyl (C=O) groups excluding carboxylic acids is 1. The summed E-state index contributed by atoms with van der Waals surface area (Å²) in [5.41, 5.74) is 0. The molecule has 4 atom stereocenters. The zero-order valence-electron chi connectivity index (χ0n) is 13.9. The van der Waals surface area contributed by atoms with Crippen molar-refractivity contribution in [1.82, 2.24) is 10.2 Å². The summed E-state index contributed by atoms with van der Waals surface area (Å²) in [4.78, 5) is 14.7. The van der Waals surface area contributed by atoms with E-state index in [1.54, 1.807) is 0 Å². The first-order chi connectivity index (χ1) is 10.7. The lowest BCUT2D eigenvalue weighted by atomic mass is 9.92. The molecule has 3 saturated heterocycles. The van der Waals surface area contributed by atoms with Crippen molar-refractivity contribution in [2.24, 2.45) is 5.92 Å². The predicted octanol–water partition coefficient (Wildman–Crippen LogP) is 1.56. The highest BCUT2D eigenvalue weighted by molar-refractivity contribution is 5.76. The molecule has 3 heterocycles. The summed E-state index contributed by atoms with van der Waals surface area (Å²) in [6.45, 7) is 4.08. The Hall–Kier alpha value is -0.650. The van der Waals surface area contributed by atoms with E-state index in [4.69, 9.17) is 9.47 Å². The van der Waals surface area contributed by atoms with Crippen LogP contribution in [0.15, 0.2) is 0 Å². The molecule has 0 spiro atoms. The van der Waals surface area contributed by atoms with Crippen LogP contribution < -0.4 is 5.32 Å². The van der Waals surface area contributed by atoms with Crippen LogP contribution in [0.2, 0.25) is 0 Å². The van der Waals surface area contributed by atoms with E-state index in [-0.39, 0.29) is 12.0 Å². The van der Waals surface area contributed by atoms with Crippen LogP contribution in [0.4, 0.5) is 0 Å². The molecule has 3 fully saturated rings. The number of carbonyl (C=O) groups is 1. The van der Waals surface area contributed by atoms with Gasteiger partial charge in [-0.25, -0.2) is 0 Å². The topological polar surface area (TPSA) is 50.8 Å². The van der Waals surface area contributed by atoms with Crippen LogP contribution in [-0.4, -0.2) is 61.9 Å². The first-order valence-electron chi connectivity index (χ1n) is 8.88. The summed E-state index contributed by atoms with van der Waals surface area (Å²) in [6.07, 6.45) is 6.39. The third-order valence-electron chi connectivity index (χ3n) is 5.65. The van der Waals surface area contributed by atoms with Crippen molar-refractivity contribution in [1.29, 1.82) is 0 Å². The lowest BCUT2D eigenvalue weighted by Crippen LogP contribution is -2.49. The zero-order chi connectivity index (χ0) is 15.5. The van der Waals surface area contributed by atoms with Crippen LogP contribution >= 0.6 is 0 Å². The maximum atomic E-state index is 12.7. The lowest BCUT2D eigenvalue weighted by Gasteiger charge is -2.37. The van der Waals surface area contributed by atoms with E-state index in [2.05, 4.69) is 5.32 Å². The van der Waals surface area contributed by atoms with E-state index in [0.717, 1.165) is 25.9 Å². The summed E-state index contributed by atoms with van der Waals surface area (Å²) < 4.78 is 11.3. The fourth-order valence-electron chi connectivity index (χ4n) is 4.30. The molecule has 126 valence electrons. The Labute approximate surface area is 133 Å². The van der Waals surface area contributed by atoms with E-state index < -0.39 is 0 Å². The Balaban J connectivity index is 1.54. The number of amides is 1. The Kier molecular flexibility index (Phi) is 5.37. The molecule has 1 N–H and O–H groups in total. The smallest absolute Gasteiger partial charge is 0.222 e. The van der Waals surface area contributed by atoms with Crippen molar-refractivity contribution in [2.45, 2.75) is 69.7 Å². The van der Waals surface area contributed by atoms with Crippen molar-refractivity contribution >= 4 is 5.91 Å². The van der Waals surface area contributed by atoms with Gasteiger partial charge in [0.15, 0.2) is 0 Å². The van der Waals surface area contributed by atoms with Gasteiger partial charge in [0.2, 0.25) is 5.91 Å². The van der Waals surface area contributed by atoms with Gasteiger partial charge >= 0.3 is 0 Å². The number of fused-ring (bicyclic) bond motifs is 2. The minimum Gasteiger partial charge on any atom is -0.379 e. The largest absolute Gasteiger partial charge is 0.379 e. The SMILES string of the molecule is CCOC1COCCC1CC(=O)N(C)C1CC2CCC(C1)N2. The summed E-state index contributed by atoms with van der Waals surface area (Å²) >= 11 is 0. The lowest BCUT2D eigenvalue weighted by molar-refractivity contribution is -0.138. The zero-order valence-corrected chi connectivity index (χ0v) is 13.9. The third-order valence-corrected chi connectivity index (χ3v) is 5.65. The molecule has 5 heteroatoms. The molecule has 0 aromatic heterocycles. The van der Waals surface area contributed by atoms with Crippen LogP contribution in [0.25, 0.3) is 0 Å². The second-order valence-corrected chi connectivity index (χ2v) is 7.09. The Morgan fingerprint density at radius 2 is 2.00 bits per heavy atom. The first-order valence-corrected chi connectivity index (χ1v) is 8.88. The Morgan fingerprint density at radius 1 is 1.27 bits per heavy atom. The predicted molar refractivity (Wildman–Crippen MR) is 84.7 cm³/mol. The van der Waals surface area contributed by atoms with Crippen molar-refractivity contribution in [2.75, 3.05) is 26.9 Å². The van der Waals surface area contributed by atoms with E-state index in [1.807, 2.05) is 18.9 Å². The molecule has 5 nitrogen and oxygen atoms in total. The van der Waals surface area contributed by atoms with Crippen LogP contribution in [-0.2, 0) is 14.3 Å². The van der Waals surface area contributed by atoms with Gasteiger partial charge in [0.05, 0.1) is 12.7 Å². The second kappa shape index (κ2) is 7.28. The van der Waals surface area contributed by atoms with Gasteiger partial charge in [0.1, 0.15) is 0 Å². The fourth-order valence-corrected chi connectivity index (χ4v) is 4.30. The molecular weight excluding hydrogens is 280 g/mol. The second-order valence-electron chi connectivity index (χ2n) is 7.09. The summed E-state index contributed by atoms with van der Waals surface area (Å²) in [7, 11) is 1.99. The van der Waals surface area contributed by atoms with Gasteiger partial charge in [0.25, 0.3) is 0 Å². The number of piperidine rings is 1. The van der Waals surface area contributed by atoms with Gasteiger partial charge in [-0.3, -0.25) is 4.79 Å². The first kappa shape index (κ1) is 16.2. The van der Waals surface area contributed by atoms with Gasteiger partial charge < -0.3 is 19.7 Å². The Morgan fingerprint density at radius 3 is 2.68 bits per heavy atom. The number of nitrogens with one attached hydrogen (secondary N) is 1. The molecule has 3 aliphatic heterocycles. The Bertz CT molecular complexity index is 376. The van der Waals surface area contributed by atoms with E-state index in [1.165, 1.54) is 12.8 Å². The highest BCUT2D eigenvalue weighted by Crippen LogP contribution is 2.30. The number of hydrogen-bond acceptors (Lipinski definition) is 4. The third kappa shape index (κ3) is 3.63. The molecular formula is C17H30N2O3. The fraction of sp³-hybridized carbons (Fsp3) is 0.941. The molecule has 0 aromatic carbocycles. The normalized spacial score (nSPS) is 38.0. The quantitative estimate of drug-likeness (QED) is 0.837. The van der Waals surface area contributed by atoms with Gasteiger partial charge in [-0.15, -0.1) is 0 Å². The van der Waals surface area contributed by atoms with Gasteiger partial charge in [0, 0.05) is 44.8 Å². The molecule has 4 unspecified atom stereocenters. The van der Waals surface area contributed by atoms with Crippen molar-refractivity contribution in [3.8, 4) is 0 Å². The van der Waals surface area contributed by atoms with E-state index >= 15 is 0 Å². The van der Waals surface area contributed by atoms with Crippen molar-refractivity contribution in [3.05, 3.63) is 0 Å². The average Bonchev–Trinajstić information content (AvgIpc) is 2.87. The number of ether oxygens (including phenoxy) is 2. The van der Waals surface area contributed by atoms with Gasteiger partial charge in [-0.05, 0) is 44.9 Å². The maximum absolute atomic E-state index is 12.7. The average molecular weight is 310 g/mol. The summed E-state index contributed by atoms with van der Waals surface area (Å²) in [5.74, 6) is 0.588. The standard InChI is InChI=1S/C17H30N2O3/c1-3-22-16-11-21-7-6-12(16)8-17(20)19(2)15-9-13-4-5-14(10-15)18-13/h12-16,18H,3-11H2,1-2H3. The number of rotatable bonds is 5. The van der Waals surface area contributed by atoms with Crippen LogP contribution in [0.1, 0.15) is 45.4 Å². The summed E-state index contributed by atoms with van der Waals surface area (Å²) in [6, 6.07) is 1.66. The molecule has 22 heavy (non-hydrogen) atoms. The highest BCUT2D eigenvalue weighted by atomic mass is 16.5. The van der Waals surface area contributed by atoms with E-state index in [9.17, 15) is 4.79 Å². The monoisotopic (exact) mass is 310 g/mol. The highest BCUT2D eigenvalue weighted by Gasteiger charge is 2.37. The molecule has 3 aliphatic rings. The number of nitrogens with zero attached hydrogens (tertiary/aromatic N) is 1. The summed E-state index contributed by atoms with van der Waals surface area (Å²) in [5, 5.41) is 3.64. The van der Waals surface area contributed by atoms with Crippen molar-refractivity contribution < 1.29 is 14.3 Å². The molecule has 2 bridgehead atoms. The molecule has 3 rings (SSSR count). The molecule has 0 radical (unpaired) electrons. The molecule has 1 amide bonds. The number of hydrogen-bond donors (Lipinski definition) is 1. The molecule has 0 saturated carbocycles. The van der Waals surface area contributed by atoms with Gasteiger partial charge in [-0.1, -0.05) is 0 Å². The molecule has 0 aromatic rings. The minimum absolute atomic E-state index is 0.0836. The minimum atomic E-state index is 0.0836. The van der Waals surface area contributed by atoms with Crippen LogP contribution in [0.3, 0.4) is 0 Å². The van der Waals surface area contributed by atoms with Crippen LogP contribution in [0.5, 0.6) is 0 Å². The molecule has 0 aliphatic carbocycles. The van der Waals surface area contributed by atoms with E-state index in [0.29, 0.717) is 43.7 Å². The maximum Gasteiger partial charge on any atom is 0.222 e.